The Morgan fingerprint density at radius 2 is 2.00 bits per heavy atom. The van der Waals surface area contributed by atoms with Gasteiger partial charge in [0.15, 0.2) is 0 Å². The van der Waals surface area contributed by atoms with E-state index in [4.69, 9.17) is 9.84 Å². The van der Waals surface area contributed by atoms with Crippen LogP contribution in [0, 0.1) is 0 Å². The first kappa shape index (κ1) is 14.1. The lowest BCUT2D eigenvalue weighted by atomic mass is 10.2. The largest absolute Gasteiger partial charge is 0.475 e. The maximum absolute atomic E-state index is 10.6. The topological polar surface area (TPSA) is 85.2 Å². The molecule has 2 aromatic heterocycles. The molecule has 0 saturated carbocycles. The van der Waals surface area contributed by atoms with Gasteiger partial charge in [-0.1, -0.05) is 6.07 Å². The van der Waals surface area contributed by atoms with Gasteiger partial charge in [0.25, 0.3) is 0 Å². The standard InChI is InChI=1S/C14H15N3O3/c18-14(19)13-16-8-11(9-17-13)4-2-6-20-10-12-3-1-5-15-7-12/h1,3,5,7-9H,2,4,6,10H2,(H,18,19). The van der Waals surface area contributed by atoms with Gasteiger partial charge < -0.3 is 9.84 Å². The Hall–Kier alpha value is -2.34. The molecule has 0 spiro atoms. The molecule has 0 unspecified atom stereocenters. The molecular formula is C14H15N3O3. The first-order valence-corrected chi connectivity index (χ1v) is 6.26. The second-order valence-electron chi connectivity index (χ2n) is 4.24. The summed E-state index contributed by atoms with van der Waals surface area (Å²) >= 11 is 0. The molecule has 2 heterocycles. The van der Waals surface area contributed by atoms with Crippen molar-refractivity contribution in [3.8, 4) is 0 Å². The van der Waals surface area contributed by atoms with Crippen LogP contribution in [0.5, 0.6) is 0 Å². The smallest absolute Gasteiger partial charge is 0.373 e. The van der Waals surface area contributed by atoms with Crippen molar-refractivity contribution in [3.63, 3.8) is 0 Å². The van der Waals surface area contributed by atoms with Crippen LogP contribution in [-0.2, 0) is 17.8 Å². The van der Waals surface area contributed by atoms with Crippen molar-refractivity contribution in [2.45, 2.75) is 19.4 Å². The van der Waals surface area contributed by atoms with Crippen molar-refractivity contribution in [3.05, 3.63) is 53.9 Å². The number of pyridine rings is 1. The predicted molar refractivity (Wildman–Crippen MR) is 71.2 cm³/mol. The summed E-state index contributed by atoms with van der Waals surface area (Å²) in [4.78, 5) is 22.1. The van der Waals surface area contributed by atoms with Crippen LogP contribution >= 0.6 is 0 Å². The zero-order valence-corrected chi connectivity index (χ0v) is 10.9. The lowest BCUT2D eigenvalue weighted by molar-refractivity contribution is 0.0683. The Bertz CT molecular complexity index is 543. The first-order chi connectivity index (χ1) is 9.75. The maximum atomic E-state index is 10.6. The number of hydrogen-bond donors (Lipinski definition) is 1. The van der Waals surface area contributed by atoms with Crippen molar-refractivity contribution < 1.29 is 14.6 Å². The van der Waals surface area contributed by atoms with Gasteiger partial charge in [-0.25, -0.2) is 14.8 Å². The number of carbonyl (C=O) groups is 1. The van der Waals surface area contributed by atoms with Gasteiger partial charge in [-0.05, 0) is 30.0 Å². The molecule has 0 aromatic carbocycles. The van der Waals surface area contributed by atoms with E-state index in [1.807, 2.05) is 12.1 Å². The van der Waals surface area contributed by atoms with Gasteiger partial charge in [0.05, 0.1) is 6.61 Å². The first-order valence-electron chi connectivity index (χ1n) is 6.26. The summed E-state index contributed by atoms with van der Waals surface area (Å²) in [5.41, 5.74) is 1.95. The zero-order valence-electron chi connectivity index (χ0n) is 10.9. The second kappa shape index (κ2) is 7.30. The Balaban J connectivity index is 1.67. The molecule has 1 N–H and O–H groups in total. The average molecular weight is 273 g/mol. The summed E-state index contributed by atoms with van der Waals surface area (Å²) in [6.07, 6.45) is 8.17. The molecule has 2 aromatic rings. The van der Waals surface area contributed by atoms with Gasteiger partial charge in [-0.2, -0.15) is 0 Å². The number of aromatic nitrogens is 3. The van der Waals surface area contributed by atoms with Crippen molar-refractivity contribution in [2.75, 3.05) is 6.61 Å². The molecule has 20 heavy (non-hydrogen) atoms. The summed E-state index contributed by atoms with van der Waals surface area (Å²) < 4.78 is 5.53. The second-order valence-corrected chi connectivity index (χ2v) is 4.24. The summed E-state index contributed by atoms with van der Waals surface area (Å²) in [6.45, 7) is 1.16. The molecule has 0 amide bonds. The third kappa shape index (κ3) is 4.40. The Morgan fingerprint density at radius 3 is 2.65 bits per heavy atom. The average Bonchev–Trinajstić information content (AvgIpc) is 2.48. The monoisotopic (exact) mass is 273 g/mol. The zero-order chi connectivity index (χ0) is 14.2. The van der Waals surface area contributed by atoms with E-state index in [-0.39, 0.29) is 5.82 Å². The van der Waals surface area contributed by atoms with Gasteiger partial charge in [-0.15, -0.1) is 0 Å². The van der Waals surface area contributed by atoms with E-state index < -0.39 is 5.97 Å². The van der Waals surface area contributed by atoms with Crippen LogP contribution in [0.25, 0.3) is 0 Å². The highest BCUT2D eigenvalue weighted by atomic mass is 16.5. The third-order valence-electron chi connectivity index (χ3n) is 2.64. The minimum Gasteiger partial charge on any atom is -0.475 e. The van der Waals surface area contributed by atoms with Crippen molar-refractivity contribution in [2.24, 2.45) is 0 Å². The molecule has 6 nitrogen and oxygen atoms in total. The highest BCUT2D eigenvalue weighted by molar-refractivity contribution is 5.82. The fraction of sp³-hybridized carbons (Fsp3) is 0.286. The molecule has 0 atom stereocenters. The SMILES string of the molecule is O=C(O)c1ncc(CCCOCc2cccnc2)cn1. The summed E-state index contributed by atoms with van der Waals surface area (Å²) in [7, 11) is 0. The number of ether oxygens (including phenoxy) is 1. The molecule has 2 rings (SSSR count). The van der Waals surface area contributed by atoms with Crippen LogP contribution in [0.3, 0.4) is 0 Å². The van der Waals surface area contributed by atoms with E-state index in [9.17, 15) is 4.79 Å². The highest BCUT2D eigenvalue weighted by Crippen LogP contribution is 2.03. The van der Waals surface area contributed by atoms with E-state index in [1.54, 1.807) is 12.4 Å². The van der Waals surface area contributed by atoms with Gasteiger partial charge >= 0.3 is 5.97 Å². The van der Waals surface area contributed by atoms with E-state index >= 15 is 0 Å². The van der Waals surface area contributed by atoms with Crippen LogP contribution in [0.4, 0.5) is 0 Å². The van der Waals surface area contributed by atoms with E-state index in [2.05, 4.69) is 15.0 Å². The Kier molecular flexibility index (Phi) is 5.14. The fourth-order valence-corrected chi connectivity index (χ4v) is 1.65. The number of carboxylic acids is 1. The molecule has 0 aliphatic rings. The van der Waals surface area contributed by atoms with Gasteiger partial charge in [-0.3, -0.25) is 4.98 Å². The molecule has 0 aliphatic carbocycles. The van der Waals surface area contributed by atoms with E-state index in [1.165, 1.54) is 12.4 Å². The van der Waals surface area contributed by atoms with Crippen LogP contribution in [0.15, 0.2) is 36.9 Å². The Morgan fingerprint density at radius 1 is 1.20 bits per heavy atom. The lowest BCUT2D eigenvalue weighted by Crippen LogP contribution is -2.04. The molecule has 104 valence electrons. The van der Waals surface area contributed by atoms with Crippen molar-refractivity contribution >= 4 is 5.97 Å². The molecular weight excluding hydrogens is 258 g/mol. The number of hydrogen-bond acceptors (Lipinski definition) is 5. The number of aromatic carboxylic acids is 1. The van der Waals surface area contributed by atoms with Crippen LogP contribution in [0.1, 0.15) is 28.2 Å². The van der Waals surface area contributed by atoms with Crippen LogP contribution in [0.2, 0.25) is 0 Å². The number of carboxylic acid groups (broad SMARTS) is 1. The van der Waals surface area contributed by atoms with E-state index in [0.29, 0.717) is 13.2 Å². The summed E-state index contributed by atoms with van der Waals surface area (Å²) in [5.74, 6) is -1.29. The van der Waals surface area contributed by atoms with E-state index in [0.717, 1.165) is 24.0 Å². The number of aryl methyl sites for hydroxylation is 1. The molecule has 0 saturated heterocycles. The number of rotatable bonds is 7. The van der Waals surface area contributed by atoms with Gasteiger partial charge in [0, 0.05) is 31.4 Å². The van der Waals surface area contributed by atoms with Gasteiger partial charge in [0.2, 0.25) is 5.82 Å². The molecule has 0 aliphatic heterocycles. The minimum atomic E-state index is -1.11. The predicted octanol–water partition coefficient (Wildman–Crippen LogP) is 1.72. The molecule has 0 fully saturated rings. The highest BCUT2D eigenvalue weighted by Gasteiger charge is 2.05. The number of nitrogens with zero attached hydrogens (tertiary/aromatic N) is 3. The minimum absolute atomic E-state index is 0.179. The van der Waals surface area contributed by atoms with Crippen LogP contribution < -0.4 is 0 Å². The maximum Gasteiger partial charge on any atom is 0.373 e. The molecule has 0 radical (unpaired) electrons. The molecule has 0 bridgehead atoms. The fourth-order valence-electron chi connectivity index (χ4n) is 1.65. The summed E-state index contributed by atoms with van der Waals surface area (Å²) in [6, 6.07) is 3.84. The normalized spacial score (nSPS) is 10.4. The Labute approximate surface area is 116 Å². The quantitative estimate of drug-likeness (QED) is 0.773. The third-order valence-corrected chi connectivity index (χ3v) is 2.64. The summed E-state index contributed by atoms with van der Waals surface area (Å²) in [5, 5.41) is 8.68. The van der Waals surface area contributed by atoms with Crippen LogP contribution in [-0.4, -0.2) is 32.6 Å². The molecule has 6 heteroatoms. The van der Waals surface area contributed by atoms with Gasteiger partial charge in [0.1, 0.15) is 0 Å². The van der Waals surface area contributed by atoms with Crippen molar-refractivity contribution in [1.29, 1.82) is 0 Å². The van der Waals surface area contributed by atoms with Crippen molar-refractivity contribution in [1.82, 2.24) is 15.0 Å². The lowest BCUT2D eigenvalue weighted by Gasteiger charge is -2.04.